The summed E-state index contributed by atoms with van der Waals surface area (Å²) in [5.41, 5.74) is 17.2. The van der Waals surface area contributed by atoms with Crippen molar-refractivity contribution in [1.82, 2.24) is 0 Å². The summed E-state index contributed by atoms with van der Waals surface area (Å²) in [4.78, 5) is 4.80. The quantitative estimate of drug-likeness (QED) is 0.0796. The summed E-state index contributed by atoms with van der Waals surface area (Å²) >= 11 is 0. The predicted molar refractivity (Wildman–Crippen MR) is 280 cm³/mol. The third kappa shape index (κ3) is 11.6. The Morgan fingerprint density at radius 1 is 0.594 bits per heavy atom. The number of hydrogen-bond donors (Lipinski definition) is 0. The van der Waals surface area contributed by atoms with Crippen molar-refractivity contribution in [1.29, 1.82) is 0 Å². The Bertz CT molecular complexity index is 2600. The van der Waals surface area contributed by atoms with Crippen molar-refractivity contribution in [3.8, 4) is 33.4 Å². The van der Waals surface area contributed by atoms with Gasteiger partial charge in [-0.15, -0.1) is 0 Å². The zero-order valence-corrected chi connectivity index (χ0v) is 38.5. The molecule has 1 aliphatic rings. The number of nitrogens with zero attached hydrogens (tertiary/aromatic N) is 2. The Morgan fingerprint density at radius 2 is 1.12 bits per heavy atom. The van der Waals surface area contributed by atoms with Crippen LogP contribution >= 0.6 is 0 Å². The summed E-state index contributed by atoms with van der Waals surface area (Å²) in [5, 5.41) is 0. The van der Waals surface area contributed by atoms with Gasteiger partial charge in [-0.3, -0.25) is 0 Å². The van der Waals surface area contributed by atoms with E-state index < -0.39 is 0 Å². The van der Waals surface area contributed by atoms with Gasteiger partial charge in [-0.1, -0.05) is 197 Å². The van der Waals surface area contributed by atoms with E-state index in [-0.39, 0.29) is 0 Å². The van der Waals surface area contributed by atoms with Crippen molar-refractivity contribution in [2.24, 2.45) is 0 Å². The van der Waals surface area contributed by atoms with Gasteiger partial charge in [-0.05, 0) is 138 Å². The maximum Gasteiger partial charge on any atom is 0.0458 e. The van der Waals surface area contributed by atoms with E-state index in [9.17, 15) is 0 Å². The summed E-state index contributed by atoms with van der Waals surface area (Å²) in [6.45, 7) is 11.7. The van der Waals surface area contributed by atoms with E-state index >= 15 is 0 Å². The lowest BCUT2D eigenvalue weighted by Gasteiger charge is -2.28. The van der Waals surface area contributed by atoms with Crippen LogP contribution in [0, 0.1) is 0 Å². The molecule has 1 unspecified atom stereocenters. The molecular formula is C62H64N2. The fourth-order valence-corrected chi connectivity index (χ4v) is 8.32. The van der Waals surface area contributed by atoms with Crippen LogP contribution in [0.1, 0.15) is 83.8 Å². The second kappa shape index (κ2) is 23.0. The van der Waals surface area contributed by atoms with Gasteiger partial charge in [0.25, 0.3) is 0 Å². The molecule has 0 spiro atoms. The van der Waals surface area contributed by atoms with Crippen molar-refractivity contribution in [3.05, 3.63) is 241 Å². The summed E-state index contributed by atoms with van der Waals surface area (Å²) in [6.07, 6.45) is 29.7. The second-order valence-electron chi connectivity index (χ2n) is 16.5. The van der Waals surface area contributed by atoms with Gasteiger partial charge in [-0.25, -0.2) is 0 Å². The Kier molecular flexibility index (Phi) is 16.2. The number of allylic oxidation sites excluding steroid dienone is 12. The average Bonchev–Trinajstić information content (AvgIpc) is 3.36. The molecule has 0 fully saturated rings. The third-order valence-corrected chi connectivity index (χ3v) is 12.1. The zero-order chi connectivity index (χ0) is 44.5. The van der Waals surface area contributed by atoms with Crippen LogP contribution in [-0.2, 0) is 0 Å². The van der Waals surface area contributed by atoms with Crippen LogP contribution in [0.5, 0.6) is 0 Å². The molecule has 0 aliphatic heterocycles. The Labute approximate surface area is 384 Å². The van der Waals surface area contributed by atoms with Gasteiger partial charge in [0.2, 0.25) is 0 Å². The molecule has 7 rings (SSSR count). The lowest BCUT2D eigenvalue weighted by atomic mass is 9.91. The van der Waals surface area contributed by atoms with Gasteiger partial charge >= 0.3 is 0 Å². The minimum Gasteiger partial charge on any atom is -0.338 e. The lowest BCUT2D eigenvalue weighted by molar-refractivity contribution is 0.832. The molecule has 64 heavy (non-hydrogen) atoms. The summed E-state index contributed by atoms with van der Waals surface area (Å²) in [5.74, 6) is 0.413. The summed E-state index contributed by atoms with van der Waals surface area (Å²) < 4.78 is 0. The van der Waals surface area contributed by atoms with Gasteiger partial charge in [0.1, 0.15) is 0 Å². The standard InChI is InChI=1S/C62H64N2/c1-6-10-13-18-47-63(59-39-33-55(34-40-59)50-20-16-14-17-21-50)60-41-35-56(36-42-60)53-27-23-51(24-28-53)52-25-29-54(30-26-52)57-37-45-62(46-38-57)64(58(9-4)22-15-11-7-2)61-43-31-49(32-44-61)48(5)19-12-8-3/h6,10-11,13-33,35-46,55H,7-9,12,34,47H2,1-5H3/b10-6-,15-11-,18-13-,48-19+,58-22+. The van der Waals surface area contributed by atoms with Crippen LogP contribution in [0.4, 0.5) is 17.1 Å². The topological polar surface area (TPSA) is 6.48 Å². The monoisotopic (exact) mass is 837 g/mol. The van der Waals surface area contributed by atoms with E-state index in [2.05, 4.69) is 263 Å². The molecule has 2 heteroatoms. The van der Waals surface area contributed by atoms with E-state index in [1.165, 1.54) is 72.8 Å². The van der Waals surface area contributed by atoms with Crippen LogP contribution in [0.2, 0.25) is 0 Å². The Balaban J connectivity index is 1.04. The molecule has 322 valence electrons. The van der Waals surface area contributed by atoms with Gasteiger partial charge in [0, 0.05) is 40.9 Å². The van der Waals surface area contributed by atoms with Gasteiger partial charge in [0.15, 0.2) is 0 Å². The van der Waals surface area contributed by atoms with Crippen molar-refractivity contribution < 1.29 is 0 Å². The first kappa shape index (κ1) is 45.1. The average molecular weight is 837 g/mol. The summed E-state index contributed by atoms with van der Waals surface area (Å²) in [6, 6.07) is 55.8. The molecule has 1 atom stereocenters. The number of anilines is 3. The first-order valence-electron chi connectivity index (χ1n) is 23.3. The molecule has 0 saturated carbocycles. The molecule has 2 nitrogen and oxygen atoms in total. The first-order chi connectivity index (χ1) is 31.5. The predicted octanol–water partition coefficient (Wildman–Crippen LogP) is 17.9. The van der Waals surface area contributed by atoms with Gasteiger partial charge in [-0.2, -0.15) is 0 Å². The van der Waals surface area contributed by atoms with E-state index in [1.54, 1.807) is 0 Å². The number of hydrogen-bond acceptors (Lipinski definition) is 2. The van der Waals surface area contributed by atoms with Crippen molar-refractivity contribution in [2.75, 3.05) is 16.3 Å². The van der Waals surface area contributed by atoms with Crippen molar-refractivity contribution in [3.63, 3.8) is 0 Å². The van der Waals surface area contributed by atoms with Crippen LogP contribution in [-0.4, -0.2) is 6.54 Å². The van der Waals surface area contributed by atoms with E-state index in [1.807, 2.05) is 0 Å². The minimum absolute atomic E-state index is 0.413. The molecule has 0 saturated heterocycles. The van der Waals surface area contributed by atoms with Crippen LogP contribution in [0.15, 0.2) is 230 Å². The van der Waals surface area contributed by atoms with Crippen molar-refractivity contribution >= 4 is 22.6 Å². The third-order valence-electron chi connectivity index (χ3n) is 12.1. The largest absolute Gasteiger partial charge is 0.338 e. The number of benzene rings is 6. The van der Waals surface area contributed by atoms with Gasteiger partial charge in [0.05, 0.1) is 0 Å². The molecule has 6 aromatic carbocycles. The smallest absolute Gasteiger partial charge is 0.0458 e. The van der Waals surface area contributed by atoms with Crippen LogP contribution in [0.3, 0.4) is 0 Å². The highest BCUT2D eigenvalue weighted by Gasteiger charge is 2.17. The maximum absolute atomic E-state index is 2.40. The molecule has 0 amide bonds. The van der Waals surface area contributed by atoms with E-state index in [4.69, 9.17) is 0 Å². The molecular weight excluding hydrogens is 773 g/mol. The normalized spacial score (nSPS) is 14.5. The fourth-order valence-electron chi connectivity index (χ4n) is 8.32. The molecule has 0 N–H and O–H groups in total. The first-order valence-corrected chi connectivity index (χ1v) is 23.3. The van der Waals surface area contributed by atoms with E-state index in [0.29, 0.717) is 5.92 Å². The van der Waals surface area contributed by atoms with Crippen molar-refractivity contribution in [2.45, 2.75) is 72.6 Å². The lowest BCUT2D eigenvalue weighted by Crippen LogP contribution is -2.23. The number of unbranched alkanes of at least 4 members (excludes halogenated alkanes) is 1. The van der Waals surface area contributed by atoms with E-state index in [0.717, 1.165) is 44.3 Å². The fraction of sp³-hybridized carbons (Fsp3) is 0.194. The Hall–Kier alpha value is -6.90. The molecule has 0 radical (unpaired) electrons. The highest BCUT2D eigenvalue weighted by molar-refractivity contribution is 5.77. The molecule has 6 aromatic rings. The summed E-state index contributed by atoms with van der Waals surface area (Å²) in [7, 11) is 0. The number of rotatable bonds is 18. The molecule has 0 heterocycles. The highest BCUT2D eigenvalue weighted by atomic mass is 15.1. The van der Waals surface area contributed by atoms with Crippen LogP contribution < -0.4 is 9.80 Å². The molecule has 1 aliphatic carbocycles. The maximum atomic E-state index is 2.40. The second-order valence-corrected chi connectivity index (χ2v) is 16.5. The zero-order valence-electron chi connectivity index (χ0n) is 38.5. The van der Waals surface area contributed by atoms with Gasteiger partial charge < -0.3 is 9.80 Å². The molecule has 0 aromatic heterocycles. The minimum atomic E-state index is 0.413. The van der Waals surface area contributed by atoms with Crippen LogP contribution in [0.25, 0.3) is 39.0 Å². The highest BCUT2D eigenvalue weighted by Crippen LogP contribution is 2.36. The Morgan fingerprint density at radius 3 is 1.61 bits per heavy atom. The molecule has 0 bridgehead atoms. The SMILES string of the molecule is C/C=C\C=C/CN(C1=CCC(c2ccccc2)C=C1)c1ccc(-c2ccc(-c3ccc(-c4ccc(N(/C(=C/C=C\CC)CC)c5ccc(/C(C)=C/CCC)cc5)cc4)cc3)cc2)cc1.